The summed E-state index contributed by atoms with van der Waals surface area (Å²) in [7, 11) is 0. The van der Waals surface area contributed by atoms with Crippen molar-refractivity contribution in [1.29, 1.82) is 0 Å². The zero-order valence-electron chi connectivity index (χ0n) is 30.5. The summed E-state index contributed by atoms with van der Waals surface area (Å²) in [6.07, 6.45) is 0. The van der Waals surface area contributed by atoms with Crippen LogP contribution in [0.1, 0.15) is 49.9 Å². The van der Waals surface area contributed by atoms with E-state index in [0.29, 0.717) is 0 Å². The van der Waals surface area contributed by atoms with E-state index in [-0.39, 0.29) is 10.8 Å². The highest BCUT2D eigenvalue weighted by molar-refractivity contribution is 6.15. The Morgan fingerprint density at radius 1 is 0.358 bits per heavy atom. The molecule has 0 aliphatic heterocycles. The summed E-state index contributed by atoms with van der Waals surface area (Å²) in [6.45, 7) is 9.47. The number of anilines is 3. The molecule has 11 rings (SSSR count). The van der Waals surface area contributed by atoms with Crippen molar-refractivity contribution in [3.8, 4) is 55.6 Å². The van der Waals surface area contributed by atoms with Crippen molar-refractivity contribution in [2.45, 2.75) is 38.5 Å². The van der Waals surface area contributed by atoms with Gasteiger partial charge in [0, 0.05) is 27.8 Å². The third-order valence-electron chi connectivity index (χ3n) is 12.6. The highest BCUT2D eigenvalue weighted by Gasteiger charge is 2.39. The standard InChI is InChI=1S/C52H39N/c1-51(2)45-19-8-6-15-42(45)50-46(51)20-11-21-48(50)53(36-27-29-39-38-14-5-7-18-44(38)52(3,4)47(39)31-36)35-25-22-32(23-26-35)34-24-28-37-40-16-9-12-33-13-10-17-41(49(33)40)43(37)30-34/h5-31H,1-4H3. The van der Waals surface area contributed by atoms with Gasteiger partial charge in [-0.3, -0.25) is 0 Å². The summed E-state index contributed by atoms with van der Waals surface area (Å²) in [5.74, 6) is 0. The molecule has 0 unspecified atom stereocenters. The number of benzene rings is 8. The predicted octanol–water partition coefficient (Wildman–Crippen LogP) is 14.2. The van der Waals surface area contributed by atoms with E-state index >= 15 is 0 Å². The molecule has 1 nitrogen and oxygen atoms in total. The average molecular weight is 678 g/mol. The molecule has 0 bridgehead atoms. The molecule has 0 saturated carbocycles. The Hall–Kier alpha value is -6.18. The third-order valence-corrected chi connectivity index (χ3v) is 12.6. The second-order valence-electron chi connectivity index (χ2n) is 16.1. The molecule has 0 spiro atoms. The highest BCUT2D eigenvalue weighted by atomic mass is 15.1. The number of hydrogen-bond donors (Lipinski definition) is 0. The van der Waals surface area contributed by atoms with Crippen LogP contribution in [0.3, 0.4) is 0 Å². The highest BCUT2D eigenvalue weighted by Crippen LogP contribution is 2.56. The first kappa shape index (κ1) is 30.4. The minimum Gasteiger partial charge on any atom is -0.310 e. The van der Waals surface area contributed by atoms with Gasteiger partial charge in [0.2, 0.25) is 0 Å². The molecule has 0 amide bonds. The maximum Gasteiger partial charge on any atom is 0.0543 e. The van der Waals surface area contributed by atoms with Crippen LogP contribution in [0, 0.1) is 0 Å². The first-order chi connectivity index (χ1) is 25.8. The minimum atomic E-state index is -0.0950. The van der Waals surface area contributed by atoms with Crippen molar-refractivity contribution in [3.63, 3.8) is 0 Å². The molecule has 0 radical (unpaired) electrons. The Morgan fingerprint density at radius 2 is 0.906 bits per heavy atom. The van der Waals surface area contributed by atoms with Crippen LogP contribution in [0.25, 0.3) is 66.4 Å². The topological polar surface area (TPSA) is 3.24 Å². The van der Waals surface area contributed by atoms with E-state index in [1.54, 1.807) is 0 Å². The smallest absolute Gasteiger partial charge is 0.0543 e. The lowest BCUT2D eigenvalue weighted by atomic mass is 9.82. The van der Waals surface area contributed by atoms with E-state index in [1.807, 2.05) is 0 Å². The van der Waals surface area contributed by atoms with Crippen LogP contribution in [0.2, 0.25) is 0 Å². The van der Waals surface area contributed by atoms with Gasteiger partial charge in [-0.2, -0.15) is 0 Å². The van der Waals surface area contributed by atoms with Crippen LogP contribution in [0.15, 0.2) is 164 Å². The number of nitrogens with zero attached hydrogens (tertiary/aromatic N) is 1. The van der Waals surface area contributed by atoms with E-state index < -0.39 is 0 Å². The average Bonchev–Trinajstić information content (AvgIpc) is 3.73. The van der Waals surface area contributed by atoms with Crippen LogP contribution < -0.4 is 4.90 Å². The number of rotatable bonds is 4. The maximum atomic E-state index is 2.50. The minimum absolute atomic E-state index is 0.0867. The Labute approximate surface area is 311 Å². The van der Waals surface area contributed by atoms with E-state index in [4.69, 9.17) is 0 Å². The monoisotopic (exact) mass is 677 g/mol. The summed E-state index contributed by atoms with van der Waals surface area (Å²) in [6, 6.07) is 61.5. The summed E-state index contributed by atoms with van der Waals surface area (Å²) in [5, 5.41) is 2.67. The molecule has 8 aromatic rings. The Balaban J connectivity index is 1.07. The molecule has 0 fully saturated rings. The Bertz CT molecular complexity index is 2830. The summed E-state index contributed by atoms with van der Waals surface area (Å²) < 4.78 is 0. The quantitative estimate of drug-likeness (QED) is 0.179. The largest absolute Gasteiger partial charge is 0.310 e. The van der Waals surface area contributed by atoms with Crippen molar-refractivity contribution in [3.05, 3.63) is 186 Å². The van der Waals surface area contributed by atoms with Crippen molar-refractivity contribution < 1.29 is 0 Å². The summed E-state index contributed by atoms with van der Waals surface area (Å²) in [5.41, 5.74) is 22.0. The SMILES string of the molecule is CC1(C)c2ccccc2-c2ccc(N(c3ccc(-c4ccc5c(c4)-c4cccc6cccc-5c46)cc3)c3cccc4c3-c3ccccc3C4(C)C)cc21. The lowest BCUT2D eigenvalue weighted by Gasteiger charge is -2.30. The predicted molar refractivity (Wildman–Crippen MR) is 224 cm³/mol. The maximum absolute atomic E-state index is 2.50. The first-order valence-electron chi connectivity index (χ1n) is 18.9. The second kappa shape index (κ2) is 10.7. The normalized spacial score (nSPS) is 14.7. The van der Waals surface area contributed by atoms with Crippen LogP contribution in [0.4, 0.5) is 17.1 Å². The second-order valence-corrected chi connectivity index (χ2v) is 16.1. The van der Waals surface area contributed by atoms with Gasteiger partial charge < -0.3 is 4.90 Å². The van der Waals surface area contributed by atoms with Crippen LogP contribution in [0.5, 0.6) is 0 Å². The fraction of sp³-hybridized carbons (Fsp3) is 0.115. The van der Waals surface area contributed by atoms with Gasteiger partial charge in [-0.05, 0) is 119 Å². The van der Waals surface area contributed by atoms with Gasteiger partial charge in [-0.15, -0.1) is 0 Å². The van der Waals surface area contributed by atoms with Crippen LogP contribution >= 0.6 is 0 Å². The van der Waals surface area contributed by atoms with Crippen LogP contribution in [-0.4, -0.2) is 0 Å². The van der Waals surface area contributed by atoms with Gasteiger partial charge >= 0.3 is 0 Å². The van der Waals surface area contributed by atoms with Crippen LogP contribution in [-0.2, 0) is 10.8 Å². The Kier molecular flexibility index (Phi) is 6.14. The van der Waals surface area contributed by atoms with Crippen molar-refractivity contribution in [2.75, 3.05) is 4.90 Å². The fourth-order valence-corrected chi connectivity index (χ4v) is 9.95. The molecule has 0 atom stereocenters. The zero-order valence-corrected chi connectivity index (χ0v) is 30.5. The molecular weight excluding hydrogens is 639 g/mol. The lowest BCUT2D eigenvalue weighted by molar-refractivity contribution is 0.660. The van der Waals surface area contributed by atoms with Gasteiger partial charge in [0.25, 0.3) is 0 Å². The van der Waals surface area contributed by atoms with Crippen molar-refractivity contribution in [1.82, 2.24) is 0 Å². The number of fused-ring (bicyclic) bond motifs is 9. The number of hydrogen-bond acceptors (Lipinski definition) is 1. The molecule has 0 N–H and O–H groups in total. The molecule has 8 aromatic carbocycles. The molecule has 0 aromatic heterocycles. The van der Waals surface area contributed by atoms with Gasteiger partial charge in [0.1, 0.15) is 0 Å². The van der Waals surface area contributed by atoms with E-state index in [2.05, 4.69) is 196 Å². The molecule has 1 heteroatoms. The molecule has 0 heterocycles. The molecule has 0 saturated heterocycles. The van der Waals surface area contributed by atoms with E-state index in [9.17, 15) is 0 Å². The molecule has 3 aliphatic rings. The van der Waals surface area contributed by atoms with Gasteiger partial charge in [-0.1, -0.05) is 155 Å². The molecule has 252 valence electrons. The lowest BCUT2D eigenvalue weighted by Crippen LogP contribution is -2.17. The van der Waals surface area contributed by atoms with E-state index in [0.717, 1.165) is 5.69 Å². The van der Waals surface area contributed by atoms with E-state index in [1.165, 1.54) is 100 Å². The first-order valence-corrected chi connectivity index (χ1v) is 18.9. The zero-order chi connectivity index (χ0) is 35.6. The van der Waals surface area contributed by atoms with Gasteiger partial charge in [0.05, 0.1) is 5.69 Å². The molecular formula is C52H39N. The molecule has 53 heavy (non-hydrogen) atoms. The van der Waals surface area contributed by atoms with Gasteiger partial charge in [0.15, 0.2) is 0 Å². The fourth-order valence-electron chi connectivity index (χ4n) is 9.95. The molecule has 3 aliphatic carbocycles. The Morgan fingerprint density at radius 3 is 1.68 bits per heavy atom. The van der Waals surface area contributed by atoms with Gasteiger partial charge in [-0.25, -0.2) is 0 Å². The summed E-state index contributed by atoms with van der Waals surface area (Å²) >= 11 is 0. The van der Waals surface area contributed by atoms with Crippen molar-refractivity contribution in [2.24, 2.45) is 0 Å². The summed E-state index contributed by atoms with van der Waals surface area (Å²) in [4.78, 5) is 2.50. The third kappa shape index (κ3) is 4.14. The van der Waals surface area contributed by atoms with Crippen molar-refractivity contribution >= 4 is 27.8 Å².